The van der Waals surface area contributed by atoms with Crippen LogP contribution in [0.1, 0.15) is 32.9 Å². The van der Waals surface area contributed by atoms with Crippen LogP contribution in [0.15, 0.2) is 58.4 Å². The fourth-order valence-corrected chi connectivity index (χ4v) is 3.64. The standard InChI is InChI=1S/C21H21N3O4S/c1-13-4-5-16(21(25)26)11-20(13)23-12-17-10-14(2)24(15(17)3)18-6-8-19(9-7-18)29(22,27)28/h4-12H,1-3H3,(H,25,26)(H2,22,27,28). The lowest BCUT2D eigenvalue weighted by Gasteiger charge is -2.10. The molecule has 8 heteroatoms. The van der Waals surface area contributed by atoms with Crippen LogP contribution in [-0.4, -0.2) is 30.3 Å². The number of primary sulfonamides is 1. The average molecular weight is 411 g/mol. The molecule has 0 spiro atoms. The molecule has 0 aliphatic carbocycles. The van der Waals surface area contributed by atoms with Crippen LogP contribution >= 0.6 is 0 Å². The SMILES string of the molecule is Cc1ccc(C(=O)O)cc1N=Cc1cc(C)n(-c2ccc(S(N)(=O)=O)cc2)c1C. The van der Waals surface area contributed by atoms with E-state index in [9.17, 15) is 13.2 Å². The third-order valence-electron chi connectivity index (χ3n) is 4.69. The first-order valence-corrected chi connectivity index (χ1v) is 10.3. The number of nitrogens with two attached hydrogens (primary N) is 1. The molecule has 0 amide bonds. The van der Waals surface area contributed by atoms with E-state index in [4.69, 9.17) is 10.2 Å². The molecule has 2 aromatic carbocycles. The molecule has 29 heavy (non-hydrogen) atoms. The summed E-state index contributed by atoms with van der Waals surface area (Å²) in [7, 11) is -3.74. The zero-order valence-electron chi connectivity index (χ0n) is 16.2. The molecule has 0 radical (unpaired) electrons. The largest absolute Gasteiger partial charge is 0.478 e. The lowest BCUT2D eigenvalue weighted by Crippen LogP contribution is -2.12. The maximum Gasteiger partial charge on any atom is 0.335 e. The van der Waals surface area contributed by atoms with Crippen molar-refractivity contribution in [1.82, 2.24) is 4.57 Å². The molecule has 0 fully saturated rings. The van der Waals surface area contributed by atoms with Gasteiger partial charge in [-0.15, -0.1) is 0 Å². The Morgan fingerprint density at radius 1 is 1.07 bits per heavy atom. The summed E-state index contributed by atoms with van der Waals surface area (Å²) < 4.78 is 24.9. The van der Waals surface area contributed by atoms with E-state index in [1.54, 1.807) is 36.5 Å². The molecule has 0 bridgehead atoms. The number of aromatic carboxylic acids is 1. The minimum absolute atomic E-state index is 0.0549. The van der Waals surface area contributed by atoms with Crippen molar-refractivity contribution in [2.75, 3.05) is 0 Å². The molecule has 0 unspecified atom stereocenters. The number of carbonyl (C=O) groups is 1. The van der Waals surface area contributed by atoms with E-state index in [0.717, 1.165) is 28.2 Å². The van der Waals surface area contributed by atoms with Crippen LogP contribution in [0, 0.1) is 20.8 Å². The van der Waals surface area contributed by atoms with Crippen LogP contribution in [0.25, 0.3) is 5.69 Å². The van der Waals surface area contributed by atoms with E-state index < -0.39 is 16.0 Å². The minimum atomic E-state index is -3.74. The van der Waals surface area contributed by atoms with Crippen LogP contribution in [0.4, 0.5) is 5.69 Å². The van der Waals surface area contributed by atoms with Gasteiger partial charge < -0.3 is 9.67 Å². The predicted molar refractivity (Wildman–Crippen MR) is 112 cm³/mol. The van der Waals surface area contributed by atoms with E-state index in [-0.39, 0.29) is 10.5 Å². The Morgan fingerprint density at radius 3 is 2.31 bits per heavy atom. The van der Waals surface area contributed by atoms with Crippen molar-refractivity contribution in [3.05, 3.63) is 76.6 Å². The summed E-state index contributed by atoms with van der Waals surface area (Å²) in [5.41, 5.74) is 5.19. The predicted octanol–water partition coefficient (Wildman–Crippen LogP) is 3.50. The van der Waals surface area contributed by atoms with Gasteiger partial charge in [-0.2, -0.15) is 0 Å². The number of carboxylic acid groups (broad SMARTS) is 1. The van der Waals surface area contributed by atoms with Gasteiger partial charge in [-0.05, 0) is 68.8 Å². The average Bonchev–Trinajstić information content (AvgIpc) is 2.93. The number of aliphatic imine (C=N–C) groups is 1. The summed E-state index contributed by atoms with van der Waals surface area (Å²) in [5, 5.41) is 14.3. The van der Waals surface area contributed by atoms with Gasteiger partial charge in [0.1, 0.15) is 0 Å². The van der Waals surface area contributed by atoms with Gasteiger partial charge in [0.25, 0.3) is 0 Å². The Labute approximate surface area is 169 Å². The molecular formula is C21H21N3O4S. The van der Waals surface area contributed by atoms with Gasteiger partial charge >= 0.3 is 5.97 Å². The number of nitrogens with zero attached hydrogens (tertiary/aromatic N) is 2. The van der Waals surface area contributed by atoms with Crippen molar-refractivity contribution >= 4 is 27.9 Å². The van der Waals surface area contributed by atoms with Crippen LogP contribution in [0.5, 0.6) is 0 Å². The van der Waals surface area contributed by atoms with Crippen LogP contribution in [0.2, 0.25) is 0 Å². The normalized spacial score (nSPS) is 11.9. The fraction of sp³-hybridized carbons (Fsp3) is 0.143. The zero-order chi connectivity index (χ0) is 21.3. The first-order valence-electron chi connectivity index (χ1n) is 8.78. The molecule has 7 nitrogen and oxygen atoms in total. The minimum Gasteiger partial charge on any atom is -0.478 e. The van der Waals surface area contributed by atoms with Crippen molar-refractivity contribution in [2.24, 2.45) is 10.1 Å². The monoisotopic (exact) mass is 411 g/mol. The van der Waals surface area contributed by atoms with E-state index in [1.807, 2.05) is 31.4 Å². The Morgan fingerprint density at radius 2 is 1.72 bits per heavy atom. The number of rotatable bonds is 5. The first kappa shape index (κ1) is 20.5. The molecule has 3 N–H and O–H groups in total. The highest BCUT2D eigenvalue weighted by molar-refractivity contribution is 7.89. The van der Waals surface area contributed by atoms with Gasteiger partial charge in [-0.3, -0.25) is 4.99 Å². The van der Waals surface area contributed by atoms with Crippen LogP contribution < -0.4 is 5.14 Å². The quantitative estimate of drug-likeness (QED) is 0.625. The van der Waals surface area contributed by atoms with Crippen molar-refractivity contribution in [1.29, 1.82) is 0 Å². The van der Waals surface area contributed by atoms with E-state index in [1.165, 1.54) is 12.1 Å². The van der Waals surface area contributed by atoms with Crippen LogP contribution in [-0.2, 0) is 10.0 Å². The molecule has 3 aromatic rings. The van der Waals surface area contributed by atoms with Gasteiger partial charge in [0.2, 0.25) is 10.0 Å². The number of hydrogen-bond acceptors (Lipinski definition) is 4. The second kappa shape index (κ2) is 7.65. The van der Waals surface area contributed by atoms with Crippen molar-refractivity contribution in [3.8, 4) is 5.69 Å². The maximum absolute atomic E-state index is 11.4. The Kier molecular flexibility index (Phi) is 5.41. The molecule has 0 atom stereocenters. The number of aromatic nitrogens is 1. The fourth-order valence-electron chi connectivity index (χ4n) is 3.12. The highest BCUT2D eigenvalue weighted by Crippen LogP contribution is 2.24. The number of hydrogen-bond donors (Lipinski definition) is 2. The molecule has 0 aliphatic heterocycles. The summed E-state index contributed by atoms with van der Waals surface area (Å²) in [6, 6.07) is 13.1. The zero-order valence-corrected chi connectivity index (χ0v) is 17.1. The molecule has 3 rings (SSSR count). The number of aryl methyl sites for hydroxylation is 2. The summed E-state index contributed by atoms with van der Waals surface area (Å²) in [5.74, 6) is -0.998. The molecule has 150 valence electrons. The molecule has 0 aliphatic rings. The Balaban J connectivity index is 1.97. The van der Waals surface area contributed by atoms with Crippen molar-refractivity contribution in [2.45, 2.75) is 25.7 Å². The second-order valence-electron chi connectivity index (χ2n) is 6.77. The Bertz CT molecular complexity index is 1220. The van der Waals surface area contributed by atoms with E-state index >= 15 is 0 Å². The van der Waals surface area contributed by atoms with Gasteiger partial charge in [-0.1, -0.05) is 6.07 Å². The van der Waals surface area contributed by atoms with Gasteiger partial charge in [0.15, 0.2) is 0 Å². The van der Waals surface area contributed by atoms with Crippen molar-refractivity contribution in [3.63, 3.8) is 0 Å². The third kappa shape index (κ3) is 4.28. The van der Waals surface area contributed by atoms with Gasteiger partial charge in [0.05, 0.1) is 16.1 Å². The lowest BCUT2D eigenvalue weighted by molar-refractivity contribution is 0.0697. The topological polar surface area (TPSA) is 115 Å². The van der Waals surface area contributed by atoms with Gasteiger partial charge in [0, 0.05) is 28.9 Å². The van der Waals surface area contributed by atoms with E-state index in [2.05, 4.69) is 4.99 Å². The van der Waals surface area contributed by atoms with E-state index in [0.29, 0.717) is 5.69 Å². The summed E-state index contributed by atoms with van der Waals surface area (Å²) in [6.45, 7) is 5.74. The summed E-state index contributed by atoms with van der Waals surface area (Å²) in [6.07, 6.45) is 1.70. The third-order valence-corrected chi connectivity index (χ3v) is 5.62. The second-order valence-corrected chi connectivity index (χ2v) is 8.33. The summed E-state index contributed by atoms with van der Waals surface area (Å²) >= 11 is 0. The molecule has 1 aromatic heterocycles. The summed E-state index contributed by atoms with van der Waals surface area (Å²) in [4.78, 5) is 15.7. The number of benzene rings is 2. The molecule has 0 saturated heterocycles. The number of sulfonamides is 1. The maximum atomic E-state index is 11.4. The lowest BCUT2D eigenvalue weighted by atomic mass is 10.1. The first-order chi connectivity index (χ1) is 13.6. The molecule has 1 heterocycles. The smallest absolute Gasteiger partial charge is 0.335 e. The van der Waals surface area contributed by atoms with Crippen molar-refractivity contribution < 1.29 is 18.3 Å². The van der Waals surface area contributed by atoms with Gasteiger partial charge in [-0.25, -0.2) is 18.4 Å². The van der Waals surface area contributed by atoms with Crippen LogP contribution in [0.3, 0.4) is 0 Å². The highest BCUT2D eigenvalue weighted by Gasteiger charge is 2.12. The molecule has 0 saturated carbocycles. The number of carboxylic acids is 1. The highest BCUT2D eigenvalue weighted by atomic mass is 32.2. The molecular weight excluding hydrogens is 390 g/mol. The Hall–Kier alpha value is -3.23.